The van der Waals surface area contributed by atoms with Crippen molar-refractivity contribution in [1.29, 1.82) is 0 Å². The maximum absolute atomic E-state index is 13.6. The SMILES string of the molecule is CC1(C)C(/C=C/C=C(/C=C/C=C2/N(CCCCS(=O)(=O)O)c3ccc(S(=O)(=O)O)cc3C2(C)C)C(=O)NCCCN=[N+]=[N-])=[N+](CCCCS(=O)(=O)O)c2ccc(S(=O)(=O)O)cc21.[H-].[Na+]. The fraction of sp³-hybridized carbons (Fsp3) is 0.436. The van der Waals surface area contributed by atoms with Crippen LogP contribution in [0.1, 0.15) is 72.4 Å². The normalized spacial score (nSPS) is 16.9. The molecule has 0 bridgehead atoms. The maximum Gasteiger partial charge on any atom is 1.00 e. The van der Waals surface area contributed by atoms with E-state index in [0.29, 0.717) is 53.2 Å². The smallest absolute Gasteiger partial charge is 1.00 e. The predicted octanol–water partition coefficient (Wildman–Crippen LogP) is 2.55. The summed E-state index contributed by atoms with van der Waals surface area (Å²) in [5.41, 5.74) is 10.7. The number of nitrogens with one attached hydrogen (secondary N) is 1. The molecule has 63 heavy (non-hydrogen) atoms. The molecule has 2 aromatic rings. The second-order valence-corrected chi connectivity index (χ2v) is 21.7. The van der Waals surface area contributed by atoms with Crippen molar-refractivity contribution in [3.8, 4) is 0 Å². The van der Waals surface area contributed by atoms with Gasteiger partial charge in [-0.1, -0.05) is 31.1 Å². The Balaban J connectivity index is 0.00000704. The molecule has 24 heteroatoms. The van der Waals surface area contributed by atoms with Gasteiger partial charge in [0.1, 0.15) is 6.54 Å². The van der Waals surface area contributed by atoms with E-state index in [9.17, 15) is 56.7 Å². The average Bonchev–Trinajstić information content (AvgIpc) is 3.50. The molecule has 0 saturated carbocycles. The molecule has 0 fully saturated rings. The van der Waals surface area contributed by atoms with Crippen LogP contribution in [0.3, 0.4) is 0 Å². The third-order valence-corrected chi connectivity index (χ3v) is 13.8. The molecule has 0 saturated heterocycles. The summed E-state index contributed by atoms with van der Waals surface area (Å²) in [5.74, 6) is -1.42. The van der Waals surface area contributed by atoms with Gasteiger partial charge in [0.2, 0.25) is 5.69 Å². The molecule has 2 aliphatic rings. The fourth-order valence-electron chi connectivity index (χ4n) is 7.41. The fourth-order valence-corrected chi connectivity index (χ4v) is 9.56. The first kappa shape index (κ1) is 53.6. The van der Waals surface area contributed by atoms with E-state index in [-0.39, 0.29) is 85.4 Å². The number of hydrogen-bond donors (Lipinski definition) is 5. The number of nitrogens with zero attached hydrogens (tertiary/aromatic N) is 5. The first-order valence-electron chi connectivity index (χ1n) is 19.3. The van der Waals surface area contributed by atoms with Gasteiger partial charge < -0.3 is 11.6 Å². The number of hydrogen-bond acceptors (Lipinski definition) is 11. The standard InChI is InChI=1S/C39H50N6O13S4.Na.H/c1-38(2)31-26-29(61(53,54)55)16-18-33(31)44(22-5-7-24-59(47,48)49)35(38)14-9-12-28(37(46)41-20-11-21-42-43-40)13-10-15-36-39(3,4)32-27-30(62(56,57)58)17-19-34(32)45(36)23-6-8-25-60(50,51)52;;/h9-10,12-19,26-27H,5-8,11,20-25H2,1-4H3,(H4-,41,46,47,48,49,50,51,52,53,54,55,56,57,58);;/q;+1;-1/p+1. The number of allylic oxidation sites excluding steroid dienone is 6. The number of azide groups is 1. The van der Waals surface area contributed by atoms with Gasteiger partial charge >= 0.3 is 29.6 Å². The van der Waals surface area contributed by atoms with Crippen molar-refractivity contribution in [3.63, 3.8) is 0 Å². The number of anilines is 1. The molecule has 1 amide bonds. The number of benzene rings is 2. The quantitative estimate of drug-likeness (QED) is 0.0138. The van der Waals surface area contributed by atoms with Gasteiger partial charge in [-0.2, -0.15) is 38.2 Å². The Bertz CT molecular complexity index is 2750. The second-order valence-electron chi connectivity index (χ2n) is 15.7. The molecule has 19 nitrogen and oxygen atoms in total. The Morgan fingerprint density at radius 2 is 1.41 bits per heavy atom. The van der Waals surface area contributed by atoms with Crippen LogP contribution in [0.2, 0.25) is 0 Å². The molecule has 340 valence electrons. The largest absolute Gasteiger partial charge is 1.00 e. The number of fused-ring (bicyclic) bond motifs is 2. The number of carbonyl (C=O) groups excluding carboxylic acids is 1. The van der Waals surface area contributed by atoms with Crippen molar-refractivity contribution in [2.45, 2.75) is 80.4 Å². The number of amides is 1. The molecule has 5 N–H and O–H groups in total. The zero-order valence-electron chi connectivity index (χ0n) is 36.5. The van der Waals surface area contributed by atoms with E-state index in [0.717, 1.165) is 0 Å². The second kappa shape index (κ2) is 21.5. The minimum Gasteiger partial charge on any atom is -1.00 e. The third-order valence-electron chi connectivity index (χ3n) is 10.5. The van der Waals surface area contributed by atoms with Gasteiger partial charge in [-0.05, 0) is 99.2 Å². The molecule has 4 rings (SSSR count). The van der Waals surface area contributed by atoms with Crippen molar-refractivity contribution < 1.29 is 92.2 Å². The molecule has 0 radical (unpaired) electrons. The van der Waals surface area contributed by atoms with Crippen molar-refractivity contribution in [2.24, 2.45) is 5.11 Å². The number of carbonyl (C=O) groups is 1. The van der Waals surface area contributed by atoms with Crippen LogP contribution in [0.25, 0.3) is 10.4 Å². The van der Waals surface area contributed by atoms with Gasteiger partial charge in [-0.25, -0.2) is 0 Å². The zero-order chi connectivity index (χ0) is 46.3. The van der Waals surface area contributed by atoms with Gasteiger partial charge in [0.05, 0.1) is 26.7 Å². The molecule has 0 unspecified atom stereocenters. The van der Waals surface area contributed by atoms with Crippen molar-refractivity contribution in [2.75, 3.05) is 42.6 Å². The summed E-state index contributed by atoms with van der Waals surface area (Å²) in [4.78, 5) is 17.6. The van der Waals surface area contributed by atoms with Crippen LogP contribution in [-0.4, -0.2) is 106 Å². The van der Waals surface area contributed by atoms with E-state index in [2.05, 4.69) is 15.3 Å². The molecule has 2 aromatic carbocycles. The predicted molar refractivity (Wildman–Crippen MR) is 234 cm³/mol. The topological polar surface area (TPSA) is 302 Å². The van der Waals surface area contributed by atoms with Gasteiger partial charge in [0.15, 0.2) is 5.71 Å². The summed E-state index contributed by atoms with van der Waals surface area (Å²) in [5, 5.41) is 6.27. The van der Waals surface area contributed by atoms with E-state index in [4.69, 9.17) is 5.53 Å². The zero-order valence-corrected chi connectivity index (χ0v) is 40.8. The average molecular weight is 964 g/mol. The van der Waals surface area contributed by atoms with E-state index >= 15 is 0 Å². The van der Waals surface area contributed by atoms with E-state index in [1.807, 2.05) is 37.2 Å². The summed E-state index contributed by atoms with van der Waals surface area (Å²) in [6.07, 6.45) is 11.0. The van der Waals surface area contributed by atoms with Gasteiger partial charge in [0.25, 0.3) is 46.4 Å². The van der Waals surface area contributed by atoms with Crippen LogP contribution < -0.4 is 39.8 Å². The molecular weight excluding hydrogens is 912 g/mol. The summed E-state index contributed by atoms with van der Waals surface area (Å²) >= 11 is 0. The first-order chi connectivity index (χ1) is 28.7. The molecule has 0 aliphatic carbocycles. The van der Waals surface area contributed by atoms with Crippen LogP contribution in [0, 0.1) is 0 Å². The van der Waals surface area contributed by atoms with Crippen LogP contribution in [0.5, 0.6) is 0 Å². The van der Waals surface area contributed by atoms with Crippen LogP contribution in [0.4, 0.5) is 11.4 Å². The van der Waals surface area contributed by atoms with E-state index in [1.54, 1.807) is 24.3 Å². The van der Waals surface area contributed by atoms with Crippen molar-refractivity contribution in [1.82, 2.24) is 5.32 Å². The molecular formula is C39H52N6NaO13S4+. The van der Waals surface area contributed by atoms with Crippen LogP contribution in [0.15, 0.2) is 99.0 Å². The third kappa shape index (κ3) is 14.4. The summed E-state index contributed by atoms with van der Waals surface area (Å²) in [6, 6.07) is 8.31. The van der Waals surface area contributed by atoms with Crippen molar-refractivity contribution in [3.05, 3.63) is 106 Å². The van der Waals surface area contributed by atoms with E-state index in [1.165, 1.54) is 48.6 Å². The Morgan fingerprint density at radius 1 is 0.825 bits per heavy atom. The number of unbranched alkanes of at least 4 members (excludes halogenated alkanes) is 2. The van der Waals surface area contributed by atoms with Crippen LogP contribution >= 0.6 is 0 Å². The molecule has 0 aromatic heterocycles. The summed E-state index contributed by atoms with van der Waals surface area (Å²) < 4.78 is 134. The number of rotatable bonds is 21. The minimum atomic E-state index is -4.56. The monoisotopic (exact) mass is 963 g/mol. The Hall–Kier alpha value is -3.71. The summed E-state index contributed by atoms with van der Waals surface area (Å²) in [7, 11) is -17.5. The van der Waals surface area contributed by atoms with Gasteiger partial charge in [-0.15, -0.1) is 0 Å². The molecule has 0 atom stereocenters. The Morgan fingerprint density at radius 3 is 2.00 bits per heavy atom. The van der Waals surface area contributed by atoms with Gasteiger partial charge in [-0.3, -0.25) is 23.0 Å². The Kier molecular flexibility index (Phi) is 18.3. The van der Waals surface area contributed by atoms with Crippen molar-refractivity contribution >= 4 is 63.5 Å². The van der Waals surface area contributed by atoms with Crippen LogP contribution in [-0.2, 0) is 56.1 Å². The molecule has 0 spiro atoms. The maximum atomic E-state index is 13.6. The van der Waals surface area contributed by atoms with Gasteiger partial charge in [0, 0.05) is 71.0 Å². The molecule has 2 heterocycles. The summed E-state index contributed by atoms with van der Waals surface area (Å²) in [6.45, 7) is 8.17. The van der Waals surface area contributed by atoms with E-state index < -0.39 is 68.7 Å². The minimum absolute atomic E-state index is 0. The first-order valence-corrected chi connectivity index (χ1v) is 25.4. The Labute approximate surface area is 392 Å². The molecule has 2 aliphatic heterocycles.